The van der Waals surface area contributed by atoms with E-state index < -0.39 is 0 Å². The molecule has 3 N–H and O–H groups in total. The highest BCUT2D eigenvalue weighted by Gasteiger charge is 2.27. The van der Waals surface area contributed by atoms with Crippen molar-refractivity contribution in [1.29, 1.82) is 0 Å². The molecule has 1 fully saturated rings. The van der Waals surface area contributed by atoms with E-state index in [-0.39, 0.29) is 36.0 Å². The summed E-state index contributed by atoms with van der Waals surface area (Å²) < 4.78 is 1.22. The van der Waals surface area contributed by atoms with Crippen LogP contribution in [-0.4, -0.2) is 39.7 Å². The molecule has 0 spiro atoms. The molecular weight excluding hydrogens is 296 g/mol. The van der Waals surface area contributed by atoms with Gasteiger partial charge in [-0.1, -0.05) is 12.1 Å². The van der Waals surface area contributed by atoms with Crippen LogP contribution < -0.4 is 16.9 Å². The van der Waals surface area contributed by atoms with Crippen LogP contribution in [0.2, 0.25) is 0 Å². The van der Waals surface area contributed by atoms with Crippen LogP contribution in [0.15, 0.2) is 33.9 Å². The van der Waals surface area contributed by atoms with Crippen molar-refractivity contribution < 1.29 is 4.79 Å². The molecule has 1 amide bonds. The monoisotopic (exact) mass is 316 g/mol. The normalized spacial score (nSPS) is 17.8. The molecule has 23 heavy (non-hydrogen) atoms. The number of nitrogens with two attached hydrogens (primary N) is 1. The number of hydrogen-bond donors (Lipinski definition) is 2. The van der Waals surface area contributed by atoms with Gasteiger partial charge in [0.05, 0.1) is 17.3 Å². The maximum Gasteiger partial charge on any atom is 0.273 e. The lowest BCUT2D eigenvalue weighted by molar-refractivity contribution is -0.132. The average molecular weight is 316 g/mol. The summed E-state index contributed by atoms with van der Waals surface area (Å²) in [6.07, 6.45) is 2.06. The maximum absolute atomic E-state index is 12.4. The molecule has 7 heteroatoms. The summed E-state index contributed by atoms with van der Waals surface area (Å²) in [7, 11) is 0. The second-order valence-electron chi connectivity index (χ2n) is 5.81. The first kappa shape index (κ1) is 15.5. The third kappa shape index (κ3) is 2.92. The van der Waals surface area contributed by atoms with E-state index in [0.717, 1.165) is 12.8 Å². The predicted molar refractivity (Wildman–Crippen MR) is 87.2 cm³/mol. The lowest BCUT2D eigenvalue weighted by Crippen LogP contribution is -2.41. The van der Waals surface area contributed by atoms with Gasteiger partial charge in [0, 0.05) is 25.6 Å². The van der Waals surface area contributed by atoms with Crippen LogP contribution in [0.3, 0.4) is 0 Å². The lowest BCUT2D eigenvalue weighted by Gasteiger charge is -2.23. The summed E-state index contributed by atoms with van der Waals surface area (Å²) in [5.74, 6) is -0.0288. The first-order valence-corrected chi connectivity index (χ1v) is 7.83. The molecule has 1 aliphatic rings. The molecule has 0 aliphatic carbocycles. The third-order valence-corrected chi connectivity index (χ3v) is 4.40. The number of nitrogens with zero attached hydrogens (tertiary/aromatic N) is 2. The Morgan fingerprint density at radius 1 is 1.26 bits per heavy atom. The molecule has 2 heterocycles. The predicted octanol–water partition coefficient (Wildman–Crippen LogP) is 0.0296. The number of fused-ring (bicyclic) bond motifs is 1. The Balaban J connectivity index is 1.80. The zero-order valence-electron chi connectivity index (χ0n) is 12.8. The van der Waals surface area contributed by atoms with E-state index in [1.165, 1.54) is 4.68 Å². The number of rotatable bonds is 4. The van der Waals surface area contributed by atoms with E-state index in [0.29, 0.717) is 23.9 Å². The van der Waals surface area contributed by atoms with Gasteiger partial charge in [0.25, 0.3) is 11.1 Å². The summed E-state index contributed by atoms with van der Waals surface area (Å²) >= 11 is 0. The van der Waals surface area contributed by atoms with Crippen molar-refractivity contribution in [3.63, 3.8) is 0 Å². The maximum atomic E-state index is 12.4. The number of benzene rings is 1. The number of carbonyl (C=O) groups excluding carboxylic acids is 1. The number of likely N-dealkylation sites (tertiary alicyclic amines) is 1. The Kier molecular flexibility index (Phi) is 4.29. The minimum absolute atomic E-state index is 0.0288. The number of carbonyl (C=O) groups is 1. The molecule has 1 atom stereocenters. The molecule has 0 bridgehead atoms. The summed E-state index contributed by atoms with van der Waals surface area (Å²) in [6, 6.07) is 6.76. The highest BCUT2D eigenvalue weighted by Crippen LogP contribution is 2.17. The molecule has 1 aromatic carbocycles. The molecular formula is C16H20N4O3. The molecule has 1 aromatic heterocycles. The van der Waals surface area contributed by atoms with Crippen LogP contribution >= 0.6 is 0 Å². The number of aromatic amines is 1. The number of aryl methyl sites for hydroxylation is 1. The van der Waals surface area contributed by atoms with Crippen molar-refractivity contribution in [3.8, 4) is 0 Å². The SMILES string of the molecule is NCC1CCCN1C(=O)CCn1[nH]c(=O)c2ccccc2c1=O. The minimum Gasteiger partial charge on any atom is -0.338 e. The fraction of sp³-hybridized carbons (Fsp3) is 0.438. The van der Waals surface area contributed by atoms with E-state index >= 15 is 0 Å². The van der Waals surface area contributed by atoms with E-state index in [2.05, 4.69) is 5.10 Å². The van der Waals surface area contributed by atoms with Gasteiger partial charge in [0.15, 0.2) is 0 Å². The zero-order chi connectivity index (χ0) is 16.4. The molecule has 3 rings (SSSR count). The van der Waals surface area contributed by atoms with Gasteiger partial charge in [0.1, 0.15) is 0 Å². The van der Waals surface area contributed by atoms with Crippen LogP contribution in [0.1, 0.15) is 19.3 Å². The molecule has 2 aromatic rings. The van der Waals surface area contributed by atoms with Crippen molar-refractivity contribution >= 4 is 16.7 Å². The topological polar surface area (TPSA) is 101 Å². The summed E-state index contributed by atoms with van der Waals surface area (Å²) in [4.78, 5) is 38.5. The molecule has 1 aliphatic heterocycles. The molecule has 1 unspecified atom stereocenters. The molecule has 7 nitrogen and oxygen atoms in total. The zero-order valence-corrected chi connectivity index (χ0v) is 12.8. The number of aromatic nitrogens is 2. The Morgan fingerprint density at radius 2 is 2.00 bits per heavy atom. The fourth-order valence-electron chi connectivity index (χ4n) is 3.16. The number of nitrogens with one attached hydrogen (secondary N) is 1. The Morgan fingerprint density at radius 3 is 2.74 bits per heavy atom. The van der Waals surface area contributed by atoms with Gasteiger partial charge in [0.2, 0.25) is 5.91 Å². The second kappa shape index (κ2) is 6.37. The third-order valence-electron chi connectivity index (χ3n) is 4.40. The van der Waals surface area contributed by atoms with Gasteiger partial charge < -0.3 is 10.6 Å². The minimum atomic E-state index is -0.325. The Labute approximate surface area is 132 Å². The van der Waals surface area contributed by atoms with Gasteiger partial charge in [-0.05, 0) is 25.0 Å². The van der Waals surface area contributed by atoms with Crippen LogP contribution in [0, 0.1) is 0 Å². The Hall–Kier alpha value is -2.41. The second-order valence-corrected chi connectivity index (χ2v) is 5.81. The van der Waals surface area contributed by atoms with E-state index in [1.54, 1.807) is 29.2 Å². The average Bonchev–Trinajstić information content (AvgIpc) is 3.05. The number of hydrogen-bond acceptors (Lipinski definition) is 4. The van der Waals surface area contributed by atoms with Gasteiger partial charge in [-0.15, -0.1) is 0 Å². The highest BCUT2D eigenvalue weighted by atomic mass is 16.2. The van der Waals surface area contributed by atoms with Crippen molar-refractivity contribution in [3.05, 3.63) is 45.0 Å². The summed E-state index contributed by atoms with van der Waals surface area (Å²) in [6.45, 7) is 1.33. The first-order chi connectivity index (χ1) is 11.1. The molecule has 122 valence electrons. The largest absolute Gasteiger partial charge is 0.338 e. The van der Waals surface area contributed by atoms with Crippen molar-refractivity contribution in [2.45, 2.75) is 31.8 Å². The quantitative estimate of drug-likeness (QED) is 0.831. The molecule has 0 saturated carbocycles. The van der Waals surface area contributed by atoms with Gasteiger partial charge >= 0.3 is 0 Å². The van der Waals surface area contributed by atoms with Crippen LogP contribution in [-0.2, 0) is 11.3 Å². The van der Waals surface area contributed by atoms with Crippen LogP contribution in [0.5, 0.6) is 0 Å². The van der Waals surface area contributed by atoms with Crippen molar-refractivity contribution in [2.24, 2.45) is 5.73 Å². The first-order valence-electron chi connectivity index (χ1n) is 7.83. The molecule has 1 saturated heterocycles. The number of amides is 1. The van der Waals surface area contributed by atoms with Gasteiger partial charge in [-0.3, -0.25) is 19.5 Å². The summed E-state index contributed by atoms with van der Waals surface area (Å²) in [5.41, 5.74) is 5.07. The van der Waals surface area contributed by atoms with Gasteiger partial charge in [-0.2, -0.15) is 0 Å². The standard InChI is InChI=1S/C16H20N4O3/c17-10-11-4-3-8-19(11)14(21)7-9-20-16(23)13-6-2-1-5-12(13)15(22)18-20/h1-2,5-6,11H,3-4,7-10,17H2,(H,18,22). The van der Waals surface area contributed by atoms with Crippen molar-refractivity contribution in [2.75, 3.05) is 13.1 Å². The Bertz CT molecular complexity index is 839. The van der Waals surface area contributed by atoms with E-state index in [4.69, 9.17) is 5.73 Å². The van der Waals surface area contributed by atoms with Crippen molar-refractivity contribution in [1.82, 2.24) is 14.7 Å². The smallest absolute Gasteiger partial charge is 0.273 e. The highest BCUT2D eigenvalue weighted by molar-refractivity contribution is 5.80. The molecule has 0 radical (unpaired) electrons. The van der Waals surface area contributed by atoms with E-state index in [1.807, 2.05) is 0 Å². The van der Waals surface area contributed by atoms with E-state index in [9.17, 15) is 14.4 Å². The van der Waals surface area contributed by atoms with Crippen LogP contribution in [0.4, 0.5) is 0 Å². The van der Waals surface area contributed by atoms with Gasteiger partial charge in [-0.25, -0.2) is 4.68 Å². The lowest BCUT2D eigenvalue weighted by atomic mass is 10.2. The van der Waals surface area contributed by atoms with Crippen LogP contribution in [0.25, 0.3) is 10.8 Å². The summed E-state index contributed by atoms with van der Waals surface area (Å²) in [5, 5.41) is 3.27. The number of H-pyrrole nitrogens is 1. The fourth-order valence-corrected chi connectivity index (χ4v) is 3.16.